The minimum atomic E-state index is 0.661. The van der Waals surface area contributed by atoms with Crippen molar-refractivity contribution in [3.63, 3.8) is 0 Å². The van der Waals surface area contributed by atoms with Gasteiger partial charge in [-0.15, -0.1) is 0 Å². The Morgan fingerprint density at radius 3 is 1.67 bits per heavy atom. The van der Waals surface area contributed by atoms with Crippen molar-refractivity contribution in [2.24, 2.45) is 0 Å². The van der Waals surface area contributed by atoms with Gasteiger partial charge < -0.3 is 9.47 Å². The predicted octanol–water partition coefficient (Wildman–Crippen LogP) is 5.57. The Morgan fingerprint density at radius 1 is 0.857 bits per heavy atom. The summed E-state index contributed by atoms with van der Waals surface area (Å²) in [6.45, 7) is 5.60. The molecular formula is C14H18Br2N2O2S. The second kappa shape index (κ2) is 8.29. The molecule has 2 rings (SSSR count). The van der Waals surface area contributed by atoms with Crippen LogP contribution in [-0.4, -0.2) is 22.0 Å². The van der Waals surface area contributed by atoms with Gasteiger partial charge in [-0.05, 0) is 44.7 Å². The Balaban J connectivity index is 2.39. The van der Waals surface area contributed by atoms with Crippen LogP contribution >= 0.6 is 43.6 Å². The van der Waals surface area contributed by atoms with Gasteiger partial charge in [0.05, 0.1) is 33.9 Å². The maximum atomic E-state index is 5.93. The van der Waals surface area contributed by atoms with Crippen LogP contribution in [-0.2, 0) is 0 Å². The van der Waals surface area contributed by atoms with Gasteiger partial charge in [0, 0.05) is 0 Å². The molecule has 21 heavy (non-hydrogen) atoms. The molecule has 0 saturated carbocycles. The van der Waals surface area contributed by atoms with Crippen LogP contribution in [0.3, 0.4) is 0 Å². The van der Waals surface area contributed by atoms with Crippen LogP contribution in [0, 0.1) is 0 Å². The Labute approximate surface area is 145 Å². The van der Waals surface area contributed by atoms with E-state index in [0.717, 1.165) is 45.7 Å². The Hall–Kier alpha value is -0.400. The lowest BCUT2D eigenvalue weighted by atomic mass is 10.2. The molecule has 0 bridgehead atoms. The summed E-state index contributed by atoms with van der Waals surface area (Å²) in [5.74, 6) is 1.43. The van der Waals surface area contributed by atoms with Crippen molar-refractivity contribution in [2.45, 2.75) is 39.5 Å². The van der Waals surface area contributed by atoms with Gasteiger partial charge in [-0.2, -0.15) is 8.75 Å². The second-order valence-corrected chi connectivity index (χ2v) is 6.77. The van der Waals surface area contributed by atoms with Gasteiger partial charge in [0.1, 0.15) is 11.0 Å². The van der Waals surface area contributed by atoms with E-state index in [4.69, 9.17) is 9.47 Å². The van der Waals surface area contributed by atoms with Crippen molar-refractivity contribution in [3.05, 3.63) is 8.95 Å². The SMILES string of the molecule is CCCCOc1c(OCCCC)c(Br)c2nsnc2c1Br. The maximum Gasteiger partial charge on any atom is 0.178 e. The molecule has 0 atom stereocenters. The number of aromatic nitrogens is 2. The first-order valence-corrected chi connectivity index (χ1v) is 9.41. The highest BCUT2D eigenvalue weighted by Gasteiger charge is 2.22. The van der Waals surface area contributed by atoms with E-state index < -0.39 is 0 Å². The van der Waals surface area contributed by atoms with E-state index in [9.17, 15) is 0 Å². The summed E-state index contributed by atoms with van der Waals surface area (Å²) in [4.78, 5) is 0. The first-order valence-electron chi connectivity index (χ1n) is 7.09. The van der Waals surface area contributed by atoms with Crippen LogP contribution in [0.5, 0.6) is 11.5 Å². The quantitative estimate of drug-likeness (QED) is 0.506. The van der Waals surface area contributed by atoms with Crippen LogP contribution in [0.2, 0.25) is 0 Å². The van der Waals surface area contributed by atoms with Crippen molar-refractivity contribution < 1.29 is 9.47 Å². The number of unbranched alkanes of at least 4 members (excludes halogenated alkanes) is 2. The number of fused-ring (bicyclic) bond motifs is 1. The zero-order valence-corrected chi connectivity index (χ0v) is 16.1. The van der Waals surface area contributed by atoms with Gasteiger partial charge in [-0.1, -0.05) is 26.7 Å². The fourth-order valence-corrected chi connectivity index (χ4v) is 3.72. The summed E-state index contributed by atoms with van der Waals surface area (Å²) in [5.41, 5.74) is 1.61. The number of halogens is 2. The van der Waals surface area contributed by atoms with Crippen molar-refractivity contribution >= 4 is 54.6 Å². The highest BCUT2D eigenvalue weighted by atomic mass is 79.9. The summed E-state index contributed by atoms with van der Waals surface area (Å²) in [6, 6.07) is 0. The van der Waals surface area contributed by atoms with E-state index in [1.165, 1.54) is 11.7 Å². The van der Waals surface area contributed by atoms with Gasteiger partial charge >= 0.3 is 0 Å². The largest absolute Gasteiger partial charge is 0.488 e. The molecule has 0 unspecified atom stereocenters. The van der Waals surface area contributed by atoms with Crippen LogP contribution in [0.15, 0.2) is 8.95 Å². The van der Waals surface area contributed by atoms with E-state index >= 15 is 0 Å². The Bertz CT molecular complexity index is 554. The lowest BCUT2D eigenvalue weighted by Crippen LogP contribution is -2.04. The molecule has 0 aliphatic heterocycles. The third-order valence-electron chi connectivity index (χ3n) is 3.00. The van der Waals surface area contributed by atoms with Gasteiger partial charge in [-0.25, -0.2) is 0 Å². The third-order valence-corrected chi connectivity index (χ3v) is 5.00. The molecule has 1 aromatic heterocycles. The van der Waals surface area contributed by atoms with E-state index in [0.29, 0.717) is 24.7 Å². The Kier molecular flexibility index (Phi) is 6.70. The molecule has 116 valence electrons. The number of hydrogen-bond donors (Lipinski definition) is 0. The molecule has 0 saturated heterocycles. The molecule has 7 heteroatoms. The minimum Gasteiger partial charge on any atom is -0.488 e. The summed E-state index contributed by atoms with van der Waals surface area (Å²) in [6.07, 6.45) is 4.19. The van der Waals surface area contributed by atoms with E-state index in [-0.39, 0.29) is 0 Å². The van der Waals surface area contributed by atoms with E-state index in [1.807, 2.05) is 0 Å². The van der Waals surface area contributed by atoms with Crippen molar-refractivity contribution in [2.75, 3.05) is 13.2 Å². The summed E-state index contributed by atoms with van der Waals surface area (Å²) < 4.78 is 22.1. The van der Waals surface area contributed by atoms with Crippen LogP contribution < -0.4 is 9.47 Å². The highest BCUT2D eigenvalue weighted by molar-refractivity contribution is 9.11. The smallest absolute Gasteiger partial charge is 0.178 e. The topological polar surface area (TPSA) is 44.2 Å². The van der Waals surface area contributed by atoms with E-state index in [2.05, 4.69) is 54.5 Å². The lowest BCUT2D eigenvalue weighted by molar-refractivity contribution is 0.260. The highest BCUT2D eigenvalue weighted by Crippen LogP contribution is 2.47. The maximum absolute atomic E-state index is 5.93. The molecule has 0 aliphatic carbocycles. The monoisotopic (exact) mass is 436 g/mol. The molecule has 0 aliphatic rings. The predicted molar refractivity (Wildman–Crippen MR) is 93.6 cm³/mol. The van der Waals surface area contributed by atoms with Gasteiger partial charge in [-0.3, -0.25) is 0 Å². The fourth-order valence-electron chi connectivity index (χ4n) is 1.79. The minimum absolute atomic E-state index is 0.661. The molecule has 2 aromatic rings. The molecule has 0 fully saturated rings. The van der Waals surface area contributed by atoms with Crippen LogP contribution in [0.25, 0.3) is 11.0 Å². The van der Waals surface area contributed by atoms with Gasteiger partial charge in [0.2, 0.25) is 0 Å². The second-order valence-electron chi connectivity index (χ2n) is 4.65. The molecule has 0 spiro atoms. The van der Waals surface area contributed by atoms with Crippen LogP contribution in [0.4, 0.5) is 0 Å². The van der Waals surface area contributed by atoms with Gasteiger partial charge in [0.25, 0.3) is 0 Å². The van der Waals surface area contributed by atoms with Crippen molar-refractivity contribution in [3.8, 4) is 11.5 Å². The zero-order chi connectivity index (χ0) is 15.2. The Morgan fingerprint density at radius 2 is 1.29 bits per heavy atom. The molecule has 0 N–H and O–H groups in total. The summed E-state index contributed by atoms with van der Waals surface area (Å²) in [7, 11) is 0. The summed E-state index contributed by atoms with van der Waals surface area (Å²) in [5, 5.41) is 0. The van der Waals surface area contributed by atoms with Crippen molar-refractivity contribution in [1.29, 1.82) is 0 Å². The normalized spacial score (nSPS) is 11.0. The first-order chi connectivity index (χ1) is 10.2. The number of hydrogen-bond acceptors (Lipinski definition) is 5. The van der Waals surface area contributed by atoms with E-state index in [1.54, 1.807) is 0 Å². The first kappa shape index (κ1) is 17.0. The third kappa shape index (κ3) is 3.87. The zero-order valence-electron chi connectivity index (χ0n) is 12.1. The van der Waals surface area contributed by atoms with Crippen LogP contribution in [0.1, 0.15) is 39.5 Å². The summed E-state index contributed by atoms with van der Waals surface area (Å²) >= 11 is 8.36. The molecular weight excluding hydrogens is 420 g/mol. The average Bonchev–Trinajstić information content (AvgIpc) is 2.97. The molecule has 1 aromatic carbocycles. The molecule has 1 heterocycles. The standard InChI is InChI=1S/C14H18Br2N2O2S/c1-3-5-7-19-13-9(15)11-12(18-21-17-11)10(16)14(13)20-8-6-4-2/h3-8H2,1-2H3. The molecule has 4 nitrogen and oxygen atoms in total. The average molecular weight is 438 g/mol. The number of benzene rings is 1. The number of ether oxygens (including phenoxy) is 2. The molecule has 0 radical (unpaired) electrons. The molecule has 0 amide bonds. The number of nitrogens with zero attached hydrogens (tertiary/aromatic N) is 2. The van der Waals surface area contributed by atoms with Crippen molar-refractivity contribution in [1.82, 2.24) is 8.75 Å². The lowest BCUT2D eigenvalue weighted by Gasteiger charge is -2.16. The number of rotatable bonds is 8. The fraction of sp³-hybridized carbons (Fsp3) is 0.571. The van der Waals surface area contributed by atoms with Gasteiger partial charge in [0.15, 0.2) is 11.5 Å².